The Balaban J connectivity index is 1.56. The van der Waals surface area contributed by atoms with Gasteiger partial charge in [-0.05, 0) is 36.2 Å². The number of fused-ring (bicyclic) bond motifs is 1. The molecule has 0 saturated heterocycles. The van der Waals surface area contributed by atoms with Gasteiger partial charge in [-0.3, -0.25) is 9.89 Å². The highest BCUT2D eigenvalue weighted by Crippen LogP contribution is 2.44. The van der Waals surface area contributed by atoms with E-state index in [9.17, 15) is 4.79 Å². The number of methoxy groups -OCH3 is 2. The van der Waals surface area contributed by atoms with Crippen molar-refractivity contribution >= 4 is 17.5 Å². The summed E-state index contributed by atoms with van der Waals surface area (Å²) in [7, 11) is 3.21. The van der Waals surface area contributed by atoms with E-state index in [1.165, 1.54) is 0 Å². The molecule has 0 spiro atoms. The number of aromatic nitrogens is 4. The van der Waals surface area contributed by atoms with Crippen LogP contribution in [0.4, 0.5) is 0 Å². The van der Waals surface area contributed by atoms with Crippen LogP contribution in [-0.4, -0.2) is 51.3 Å². The zero-order valence-corrected chi connectivity index (χ0v) is 19.6. The molecule has 1 aliphatic rings. The number of rotatable bonds is 8. The Labute approximate surface area is 202 Å². The van der Waals surface area contributed by atoms with Crippen molar-refractivity contribution in [3.8, 4) is 22.8 Å². The zero-order chi connectivity index (χ0) is 23.7. The fourth-order valence-corrected chi connectivity index (χ4v) is 4.59. The predicted molar refractivity (Wildman–Crippen MR) is 128 cm³/mol. The molecular formula is C25H24ClN5O3. The molecule has 1 aliphatic heterocycles. The number of imidazole rings is 1. The molecule has 1 atom stereocenters. The highest BCUT2D eigenvalue weighted by Gasteiger charge is 2.42. The number of amides is 1. The third-order valence-electron chi connectivity index (χ3n) is 6.08. The molecule has 0 bridgehead atoms. The Bertz CT molecular complexity index is 1300. The Kier molecular flexibility index (Phi) is 5.98. The van der Waals surface area contributed by atoms with Crippen LogP contribution < -0.4 is 9.47 Å². The van der Waals surface area contributed by atoms with Crippen molar-refractivity contribution in [2.45, 2.75) is 19.0 Å². The minimum atomic E-state index is -0.325. The number of hydrogen-bond acceptors (Lipinski definition) is 5. The van der Waals surface area contributed by atoms with E-state index in [1.54, 1.807) is 26.7 Å². The van der Waals surface area contributed by atoms with Crippen LogP contribution >= 0.6 is 11.6 Å². The SMILES string of the molecule is COc1ccc(C2c3c(-c4ccc(Cl)cc4)n[nH]c3C(=O)N2CCCn2ccnc2)cc1OC. The number of hydrogen-bond donors (Lipinski definition) is 1. The summed E-state index contributed by atoms with van der Waals surface area (Å²) >= 11 is 6.10. The summed E-state index contributed by atoms with van der Waals surface area (Å²) in [4.78, 5) is 19.5. The molecule has 5 rings (SSSR count). The third-order valence-corrected chi connectivity index (χ3v) is 6.33. The molecule has 0 saturated carbocycles. The molecule has 1 amide bonds. The van der Waals surface area contributed by atoms with Crippen LogP contribution in [0.5, 0.6) is 11.5 Å². The molecular weight excluding hydrogens is 454 g/mol. The maximum absolute atomic E-state index is 13.5. The van der Waals surface area contributed by atoms with Gasteiger partial charge in [0.2, 0.25) is 0 Å². The van der Waals surface area contributed by atoms with Gasteiger partial charge < -0.3 is 18.9 Å². The van der Waals surface area contributed by atoms with Crippen molar-refractivity contribution in [1.29, 1.82) is 0 Å². The first kappa shape index (κ1) is 22.0. The lowest BCUT2D eigenvalue weighted by Gasteiger charge is -2.27. The van der Waals surface area contributed by atoms with Crippen LogP contribution in [0.1, 0.15) is 34.1 Å². The van der Waals surface area contributed by atoms with E-state index in [2.05, 4.69) is 15.2 Å². The molecule has 34 heavy (non-hydrogen) atoms. The number of carbonyl (C=O) groups is 1. The Morgan fingerprint density at radius 1 is 1.06 bits per heavy atom. The minimum Gasteiger partial charge on any atom is -0.493 e. The fourth-order valence-electron chi connectivity index (χ4n) is 4.47. The predicted octanol–water partition coefficient (Wildman–Crippen LogP) is 4.58. The van der Waals surface area contributed by atoms with E-state index >= 15 is 0 Å². The third kappa shape index (κ3) is 3.90. The number of aromatic amines is 1. The summed E-state index contributed by atoms with van der Waals surface area (Å²) in [6.07, 6.45) is 6.23. The maximum Gasteiger partial charge on any atom is 0.273 e. The standard InChI is InChI=1S/C25H24ClN5O3/c1-33-19-9-6-17(14-20(19)34-2)24-21-22(16-4-7-18(26)8-5-16)28-29-23(21)25(32)31(24)12-3-11-30-13-10-27-15-30/h4-10,13-15,24H,3,11-12H2,1-2H3,(H,28,29). The average molecular weight is 478 g/mol. The molecule has 1 N–H and O–H groups in total. The van der Waals surface area contributed by atoms with Gasteiger partial charge in [0.05, 0.1) is 32.3 Å². The normalized spacial score (nSPS) is 15.0. The number of nitrogens with one attached hydrogen (secondary N) is 1. The van der Waals surface area contributed by atoms with Crippen LogP contribution in [0.3, 0.4) is 0 Å². The number of halogens is 1. The van der Waals surface area contributed by atoms with Gasteiger partial charge in [0.1, 0.15) is 5.69 Å². The van der Waals surface area contributed by atoms with Gasteiger partial charge in [0.25, 0.3) is 5.91 Å². The van der Waals surface area contributed by atoms with Gasteiger partial charge in [-0.2, -0.15) is 5.10 Å². The Morgan fingerprint density at radius 2 is 1.85 bits per heavy atom. The smallest absolute Gasteiger partial charge is 0.273 e. The molecule has 0 radical (unpaired) electrons. The van der Waals surface area contributed by atoms with Crippen molar-refractivity contribution < 1.29 is 14.3 Å². The van der Waals surface area contributed by atoms with Gasteiger partial charge in [-0.25, -0.2) is 4.98 Å². The van der Waals surface area contributed by atoms with Crippen LogP contribution in [-0.2, 0) is 6.54 Å². The van der Waals surface area contributed by atoms with Crippen molar-refractivity contribution in [3.05, 3.63) is 83.0 Å². The zero-order valence-electron chi connectivity index (χ0n) is 18.9. The van der Waals surface area contributed by atoms with Crippen molar-refractivity contribution in [2.24, 2.45) is 0 Å². The van der Waals surface area contributed by atoms with Gasteiger partial charge in [0.15, 0.2) is 11.5 Å². The van der Waals surface area contributed by atoms with E-state index < -0.39 is 0 Å². The van der Waals surface area contributed by atoms with Crippen LogP contribution in [0.2, 0.25) is 5.02 Å². The maximum atomic E-state index is 13.5. The first-order valence-electron chi connectivity index (χ1n) is 10.9. The second kappa shape index (κ2) is 9.23. The van der Waals surface area contributed by atoms with Crippen LogP contribution in [0, 0.1) is 0 Å². The molecule has 4 aromatic rings. The molecule has 8 nitrogen and oxygen atoms in total. The monoisotopic (exact) mass is 477 g/mol. The van der Waals surface area contributed by atoms with Gasteiger partial charge in [-0.1, -0.05) is 29.8 Å². The van der Waals surface area contributed by atoms with Crippen LogP contribution in [0.15, 0.2) is 61.2 Å². The summed E-state index contributed by atoms with van der Waals surface area (Å²) in [5, 5.41) is 8.14. The van der Waals surface area contributed by atoms with E-state index in [0.717, 1.165) is 35.3 Å². The van der Waals surface area contributed by atoms with Gasteiger partial charge in [-0.15, -0.1) is 0 Å². The highest BCUT2D eigenvalue weighted by atomic mass is 35.5. The quantitative estimate of drug-likeness (QED) is 0.401. The Hall–Kier alpha value is -3.78. The summed E-state index contributed by atoms with van der Waals surface area (Å²) < 4.78 is 13.0. The first-order valence-corrected chi connectivity index (χ1v) is 11.3. The van der Waals surface area contributed by atoms with Crippen molar-refractivity contribution in [1.82, 2.24) is 24.6 Å². The fraction of sp³-hybridized carbons (Fsp3) is 0.240. The largest absolute Gasteiger partial charge is 0.493 e. The first-order chi connectivity index (χ1) is 16.6. The molecule has 0 aliphatic carbocycles. The molecule has 3 heterocycles. The molecule has 2 aromatic heterocycles. The van der Waals surface area contributed by atoms with Crippen molar-refractivity contribution in [2.75, 3.05) is 20.8 Å². The number of aryl methyl sites for hydroxylation is 1. The van der Waals surface area contributed by atoms with E-state index in [0.29, 0.717) is 28.8 Å². The molecule has 174 valence electrons. The van der Waals surface area contributed by atoms with Gasteiger partial charge >= 0.3 is 0 Å². The molecule has 9 heteroatoms. The lowest BCUT2D eigenvalue weighted by atomic mass is 9.95. The van der Waals surface area contributed by atoms with E-state index in [4.69, 9.17) is 21.1 Å². The second-order valence-electron chi connectivity index (χ2n) is 8.04. The summed E-state index contributed by atoms with van der Waals surface area (Å²) in [5.74, 6) is 1.16. The lowest BCUT2D eigenvalue weighted by Crippen LogP contribution is -2.31. The summed E-state index contributed by atoms with van der Waals surface area (Å²) in [5.41, 5.74) is 3.90. The Morgan fingerprint density at radius 3 is 2.56 bits per heavy atom. The second-order valence-corrected chi connectivity index (χ2v) is 8.47. The highest BCUT2D eigenvalue weighted by molar-refractivity contribution is 6.30. The number of nitrogens with zero attached hydrogens (tertiary/aromatic N) is 4. The number of H-pyrrole nitrogens is 1. The summed E-state index contributed by atoms with van der Waals surface area (Å²) in [6, 6.07) is 12.9. The molecule has 1 unspecified atom stereocenters. The number of carbonyl (C=O) groups excluding carboxylic acids is 1. The van der Waals surface area contributed by atoms with Gasteiger partial charge in [0, 0.05) is 41.6 Å². The molecule has 0 fully saturated rings. The van der Waals surface area contributed by atoms with E-state index in [1.807, 2.05) is 58.1 Å². The lowest BCUT2D eigenvalue weighted by molar-refractivity contribution is 0.0739. The van der Waals surface area contributed by atoms with Crippen molar-refractivity contribution in [3.63, 3.8) is 0 Å². The average Bonchev–Trinajstić information content (AvgIpc) is 3.58. The number of benzene rings is 2. The minimum absolute atomic E-state index is 0.0758. The number of ether oxygens (including phenoxy) is 2. The summed E-state index contributed by atoms with van der Waals surface area (Å²) in [6.45, 7) is 1.33. The molecule has 2 aromatic carbocycles. The van der Waals surface area contributed by atoms with E-state index in [-0.39, 0.29) is 11.9 Å². The topological polar surface area (TPSA) is 85.3 Å². The van der Waals surface area contributed by atoms with Crippen LogP contribution in [0.25, 0.3) is 11.3 Å².